The summed E-state index contributed by atoms with van der Waals surface area (Å²) in [7, 11) is 4.46. The molecule has 0 aliphatic heterocycles. The molecule has 2 fully saturated rings. The molecule has 4 aliphatic carbocycles. The maximum Gasteiger partial charge on any atom is 0.238 e. The highest BCUT2D eigenvalue weighted by atomic mass is 16.3. The van der Waals surface area contributed by atoms with Gasteiger partial charge in [-0.2, -0.15) is 0 Å². The van der Waals surface area contributed by atoms with E-state index in [0.29, 0.717) is 17.5 Å². The lowest BCUT2D eigenvalue weighted by Gasteiger charge is -2.52. The summed E-state index contributed by atoms with van der Waals surface area (Å²) < 4.78 is 0. The summed E-state index contributed by atoms with van der Waals surface area (Å²) in [6, 6.07) is 0.718. The van der Waals surface area contributed by atoms with Gasteiger partial charge in [-0.05, 0) is 87.7 Å². The van der Waals surface area contributed by atoms with Crippen LogP contribution in [0.5, 0.6) is 5.75 Å². The molecule has 0 aromatic heterocycles. The normalized spacial score (nSPS) is 31.0. The van der Waals surface area contributed by atoms with E-state index in [-0.39, 0.29) is 24.2 Å². The number of hydrogen-bond acceptors (Lipinski definition) is 8. The Labute approximate surface area is 239 Å². The lowest BCUT2D eigenvalue weighted by molar-refractivity contribution is -0.181. The number of aryl methyl sites for hydroxylation is 1. The lowest BCUT2D eigenvalue weighted by atomic mass is 9.52. The molecule has 0 heterocycles. The Morgan fingerprint density at radius 2 is 1.88 bits per heavy atom. The molecular formula is C32H36N2O7. The van der Waals surface area contributed by atoms with E-state index < -0.39 is 64.4 Å². The van der Waals surface area contributed by atoms with Crippen molar-refractivity contribution in [3.63, 3.8) is 0 Å². The molecular weight excluding hydrogens is 524 g/mol. The van der Waals surface area contributed by atoms with Gasteiger partial charge in [0.05, 0.1) is 23.1 Å². The predicted molar refractivity (Wildman–Crippen MR) is 149 cm³/mol. The van der Waals surface area contributed by atoms with Crippen molar-refractivity contribution in [2.75, 3.05) is 21.1 Å². The number of ketones is 4. The number of likely N-dealkylation sites (N-methyl/N-ethyl adjacent to an activating group) is 1. The number of carbonyl (C=O) groups excluding carboxylic acids is 5. The Kier molecular flexibility index (Phi) is 7.51. The van der Waals surface area contributed by atoms with Crippen molar-refractivity contribution in [3.05, 3.63) is 40.0 Å². The first-order valence-electron chi connectivity index (χ1n) is 14.3. The molecule has 1 aromatic carbocycles. The number of rotatable bonds is 3. The first-order valence-corrected chi connectivity index (χ1v) is 14.3. The molecule has 216 valence electrons. The number of fused-ring (bicyclic) bond motifs is 3. The third kappa shape index (κ3) is 4.36. The average molecular weight is 561 g/mol. The van der Waals surface area contributed by atoms with Gasteiger partial charge in [0.2, 0.25) is 5.91 Å². The lowest BCUT2D eigenvalue weighted by Crippen LogP contribution is -2.74. The fraction of sp³-hybridized carbons (Fsp3) is 0.531. The van der Waals surface area contributed by atoms with E-state index in [0.717, 1.165) is 36.8 Å². The second-order valence-corrected chi connectivity index (χ2v) is 11.9. The molecule has 41 heavy (non-hydrogen) atoms. The first kappa shape index (κ1) is 28.9. The Hall–Kier alpha value is -3.61. The number of amides is 1. The Balaban J connectivity index is 1.61. The molecule has 0 saturated heterocycles. The SMILES string of the molecule is CCc1cc(C#CC2=CCCCC2)c(O)c2c1C[C@H]1C[C@H]3[C@H](N(C)C)C(=O)C(C(=O)NC)C(=O)[C@@]3(O)C(=O)C1C2=O. The number of aromatic hydroxyl groups is 1. The fourth-order valence-corrected chi connectivity index (χ4v) is 7.38. The highest BCUT2D eigenvalue weighted by Crippen LogP contribution is 2.51. The zero-order chi connectivity index (χ0) is 29.8. The van der Waals surface area contributed by atoms with Crippen LogP contribution in [-0.2, 0) is 32.0 Å². The van der Waals surface area contributed by atoms with Gasteiger partial charge in [-0.1, -0.05) is 24.8 Å². The minimum atomic E-state index is -2.69. The Morgan fingerprint density at radius 3 is 2.49 bits per heavy atom. The van der Waals surface area contributed by atoms with Crippen LogP contribution in [-0.4, -0.2) is 76.9 Å². The summed E-state index contributed by atoms with van der Waals surface area (Å²) in [4.78, 5) is 69.3. The van der Waals surface area contributed by atoms with Crippen LogP contribution >= 0.6 is 0 Å². The minimum absolute atomic E-state index is 0.00858. The number of Topliss-reactive ketones (excluding diaryl/α,β-unsaturated/α-hetero) is 4. The van der Waals surface area contributed by atoms with Gasteiger partial charge in [-0.25, -0.2) is 0 Å². The van der Waals surface area contributed by atoms with Crippen molar-refractivity contribution in [3.8, 4) is 17.6 Å². The number of phenolic OH excluding ortho intramolecular Hbond substituents is 1. The molecule has 0 bridgehead atoms. The number of phenols is 1. The van der Waals surface area contributed by atoms with Gasteiger partial charge >= 0.3 is 0 Å². The molecule has 2 saturated carbocycles. The van der Waals surface area contributed by atoms with Gasteiger partial charge in [-0.3, -0.25) is 28.9 Å². The molecule has 0 spiro atoms. The summed E-state index contributed by atoms with van der Waals surface area (Å²) in [5, 5.41) is 25.4. The highest BCUT2D eigenvalue weighted by Gasteiger charge is 2.69. The number of allylic oxidation sites excluding steroid dienone is 2. The van der Waals surface area contributed by atoms with E-state index in [9.17, 15) is 34.2 Å². The Morgan fingerprint density at radius 1 is 1.15 bits per heavy atom. The number of carbonyl (C=O) groups is 5. The molecule has 5 rings (SSSR count). The number of hydrogen-bond donors (Lipinski definition) is 3. The van der Waals surface area contributed by atoms with E-state index >= 15 is 0 Å². The van der Waals surface area contributed by atoms with Gasteiger partial charge in [0.25, 0.3) is 0 Å². The van der Waals surface area contributed by atoms with Crippen LogP contribution in [0.2, 0.25) is 0 Å². The van der Waals surface area contributed by atoms with Crippen LogP contribution in [0.4, 0.5) is 0 Å². The molecule has 0 radical (unpaired) electrons. The summed E-state index contributed by atoms with van der Waals surface area (Å²) in [5.74, 6) is -3.56. The molecule has 4 aliphatic rings. The molecule has 6 atom stereocenters. The standard InChI is InChI=1S/C32H36N2O7/c1-5-17-13-18(12-11-16-9-7-6-8-10-16)26(35)23-20(17)14-19-15-21-25(34(3)4)28(37)24(31(40)33-2)30(39)32(21,41)29(38)22(19)27(23)36/h9,13,19,21-22,24-25,35,41H,5-8,10,14-15H2,1-4H3,(H,33,40)/t19-,21-,22?,24?,25-,32-/m0/s1. The van der Waals surface area contributed by atoms with Crippen molar-refractivity contribution in [1.29, 1.82) is 0 Å². The van der Waals surface area contributed by atoms with Crippen molar-refractivity contribution >= 4 is 29.0 Å². The maximum atomic E-state index is 14.1. The second-order valence-electron chi connectivity index (χ2n) is 11.9. The van der Waals surface area contributed by atoms with Gasteiger partial charge in [0.1, 0.15) is 5.75 Å². The maximum absolute atomic E-state index is 14.1. The number of nitrogens with zero attached hydrogens (tertiary/aromatic N) is 1. The van der Waals surface area contributed by atoms with Crippen LogP contribution in [0.15, 0.2) is 17.7 Å². The molecule has 2 unspecified atom stereocenters. The average Bonchev–Trinajstić information content (AvgIpc) is 2.94. The third-order valence-corrected chi connectivity index (χ3v) is 9.41. The van der Waals surface area contributed by atoms with Crippen LogP contribution in [0, 0.1) is 35.5 Å². The summed E-state index contributed by atoms with van der Waals surface area (Å²) >= 11 is 0. The number of benzene rings is 1. The van der Waals surface area contributed by atoms with Crippen molar-refractivity contribution in [2.45, 2.75) is 63.5 Å². The molecule has 9 heteroatoms. The quantitative estimate of drug-likeness (QED) is 0.374. The molecule has 1 aromatic rings. The van der Waals surface area contributed by atoms with Crippen LogP contribution in [0.25, 0.3) is 0 Å². The van der Waals surface area contributed by atoms with E-state index in [4.69, 9.17) is 0 Å². The van der Waals surface area contributed by atoms with E-state index in [1.807, 2.05) is 6.92 Å². The monoisotopic (exact) mass is 560 g/mol. The van der Waals surface area contributed by atoms with Crippen molar-refractivity contribution < 1.29 is 34.2 Å². The molecule has 1 amide bonds. The van der Waals surface area contributed by atoms with Crippen LogP contribution < -0.4 is 5.32 Å². The van der Waals surface area contributed by atoms with Gasteiger partial charge in [0.15, 0.2) is 34.7 Å². The summed E-state index contributed by atoms with van der Waals surface area (Å²) in [6.45, 7) is 1.94. The zero-order valence-corrected chi connectivity index (χ0v) is 23.9. The Bertz CT molecular complexity index is 1460. The van der Waals surface area contributed by atoms with Crippen molar-refractivity contribution in [2.24, 2.45) is 23.7 Å². The van der Waals surface area contributed by atoms with E-state index in [2.05, 4.69) is 23.2 Å². The first-order chi connectivity index (χ1) is 19.5. The minimum Gasteiger partial charge on any atom is -0.506 e. The summed E-state index contributed by atoms with van der Waals surface area (Å²) in [5.41, 5.74) is 0.0664. The summed E-state index contributed by atoms with van der Waals surface area (Å²) in [6.07, 6.45) is 6.94. The predicted octanol–water partition coefficient (Wildman–Crippen LogP) is 1.54. The van der Waals surface area contributed by atoms with E-state index in [1.54, 1.807) is 20.2 Å². The van der Waals surface area contributed by atoms with Gasteiger partial charge in [0, 0.05) is 13.0 Å². The third-order valence-electron chi connectivity index (χ3n) is 9.41. The number of aliphatic hydroxyl groups is 1. The highest BCUT2D eigenvalue weighted by molar-refractivity contribution is 6.32. The fourth-order valence-electron chi connectivity index (χ4n) is 7.38. The molecule has 3 N–H and O–H groups in total. The van der Waals surface area contributed by atoms with Crippen LogP contribution in [0.1, 0.15) is 66.1 Å². The smallest absolute Gasteiger partial charge is 0.238 e. The van der Waals surface area contributed by atoms with E-state index in [1.165, 1.54) is 11.9 Å². The zero-order valence-electron chi connectivity index (χ0n) is 23.9. The second kappa shape index (κ2) is 10.7. The van der Waals surface area contributed by atoms with Gasteiger partial charge < -0.3 is 15.5 Å². The van der Waals surface area contributed by atoms with Crippen molar-refractivity contribution in [1.82, 2.24) is 10.2 Å². The number of nitrogens with one attached hydrogen (secondary N) is 1. The van der Waals surface area contributed by atoms with Gasteiger partial charge in [-0.15, -0.1) is 0 Å². The van der Waals surface area contributed by atoms with Crippen LogP contribution in [0.3, 0.4) is 0 Å². The largest absolute Gasteiger partial charge is 0.506 e. The molecule has 9 nitrogen and oxygen atoms in total. The topological polar surface area (TPSA) is 141 Å².